The predicted molar refractivity (Wildman–Crippen MR) is 112 cm³/mol. The van der Waals surface area contributed by atoms with Gasteiger partial charge in [0.15, 0.2) is 11.5 Å². The molecule has 31 heavy (non-hydrogen) atoms. The number of nitrogens with one attached hydrogen (secondary N) is 2. The summed E-state index contributed by atoms with van der Waals surface area (Å²) in [4.78, 5) is 25.5. The van der Waals surface area contributed by atoms with Crippen LogP contribution >= 0.6 is 0 Å². The summed E-state index contributed by atoms with van der Waals surface area (Å²) in [7, 11) is 1.55. The van der Waals surface area contributed by atoms with Crippen LogP contribution < -0.4 is 24.8 Å². The summed E-state index contributed by atoms with van der Waals surface area (Å²) in [6.45, 7) is 0.419. The van der Waals surface area contributed by atoms with E-state index in [1.54, 1.807) is 55.6 Å². The Hall–Kier alpha value is -4.20. The topological polar surface area (TPSA) is 99.0 Å². The van der Waals surface area contributed by atoms with Crippen LogP contribution in [0.15, 0.2) is 71.0 Å². The molecule has 1 aromatic heterocycles. The summed E-state index contributed by atoms with van der Waals surface area (Å²) in [5.41, 5.74) is 1.27. The van der Waals surface area contributed by atoms with Crippen LogP contribution in [0.5, 0.6) is 17.2 Å². The van der Waals surface area contributed by atoms with Crippen LogP contribution in [0.2, 0.25) is 0 Å². The number of hydrogen-bond acceptors (Lipinski definition) is 6. The first-order chi connectivity index (χ1) is 15.1. The SMILES string of the molecule is COc1ccc(C(=O)N/C(=C\c2ccco2)C(=O)NCc2ccc3c(c2)OCO3)cc1. The minimum absolute atomic E-state index is 0.0523. The zero-order valence-electron chi connectivity index (χ0n) is 16.7. The van der Waals surface area contributed by atoms with Gasteiger partial charge < -0.3 is 29.3 Å². The minimum Gasteiger partial charge on any atom is -0.497 e. The zero-order chi connectivity index (χ0) is 21.6. The van der Waals surface area contributed by atoms with Gasteiger partial charge in [0.2, 0.25) is 6.79 Å². The van der Waals surface area contributed by atoms with Crippen molar-refractivity contribution in [3.8, 4) is 17.2 Å². The Balaban J connectivity index is 1.47. The van der Waals surface area contributed by atoms with Crippen molar-refractivity contribution in [1.29, 1.82) is 0 Å². The van der Waals surface area contributed by atoms with Crippen LogP contribution in [0.3, 0.4) is 0 Å². The molecule has 8 heteroatoms. The highest BCUT2D eigenvalue weighted by molar-refractivity contribution is 6.05. The molecule has 0 bridgehead atoms. The molecule has 2 heterocycles. The summed E-state index contributed by atoms with van der Waals surface area (Å²) in [5.74, 6) is 1.47. The number of carbonyl (C=O) groups excluding carboxylic acids is 2. The highest BCUT2D eigenvalue weighted by Gasteiger charge is 2.17. The van der Waals surface area contributed by atoms with Gasteiger partial charge in [0.05, 0.1) is 13.4 Å². The number of furan rings is 1. The van der Waals surface area contributed by atoms with Crippen LogP contribution in [-0.2, 0) is 11.3 Å². The molecule has 0 radical (unpaired) electrons. The molecular weight excluding hydrogens is 400 g/mol. The third-order valence-electron chi connectivity index (χ3n) is 4.56. The Morgan fingerprint density at radius 2 is 1.87 bits per heavy atom. The zero-order valence-corrected chi connectivity index (χ0v) is 16.7. The Labute approximate surface area is 178 Å². The molecule has 0 fully saturated rings. The van der Waals surface area contributed by atoms with Gasteiger partial charge in [-0.3, -0.25) is 9.59 Å². The number of methoxy groups -OCH3 is 1. The number of carbonyl (C=O) groups is 2. The second kappa shape index (κ2) is 9.08. The average molecular weight is 420 g/mol. The van der Waals surface area contributed by atoms with Crippen molar-refractivity contribution in [2.24, 2.45) is 0 Å². The largest absolute Gasteiger partial charge is 0.497 e. The van der Waals surface area contributed by atoms with E-state index in [1.807, 2.05) is 6.07 Å². The molecule has 3 aromatic rings. The predicted octanol–water partition coefficient (Wildman–Crippen LogP) is 3.10. The summed E-state index contributed by atoms with van der Waals surface area (Å²) in [6, 6.07) is 15.4. The summed E-state index contributed by atoms with van der Waals surface area (Å²) in [5, 5.41) is 5.45. The molecule has 4 rings (SSSR count). The van der Waals surface area contributed by atoms with Gasteiger partial charge >= 0.3 is 0 Å². The van der Waals surface area contributed by atoms with Gasteiger partial charge in [0.25, 0.3) is 11.8 Å². The van der Waals surface area contributed by atoms with Crippen molar-refractivity contribution in [2.45, 2.75) is 6.54 Å². The first kappa shape index (κ1) is 20.1. The maximum atomic E-state index is 12.8. The van der Waals surface area contributed by atoms with Gasteiger partial charge in [-0.05, 0) is 54.1 Å². The van der Waals surface area contributed by atoms with Crippen LogP contribution in [0.25, 0.3) is 6.08 Å². The van der Waals surface area contributed by atoms with Gasteiger partial charge in [-0.15, -0.1) is 0 Å². The van der Waals surface area contributed by atoms with E-state index in [0.29, 0.717) is 28.6 Å². The van der Waals surface area contributed by atoms with Crippen molar-refractivity contribution in [3.63, 3.8) is 0 Å². The fourth-order valence-corrected chi connectivity index (χ4v) is 2.94. The lowest BCUT2D eigenvalue weighted by atomic mass is 10.2. The Kier molecular flexibility index (Phi) is 5.89. The molecule has 2 N–H and O–H groups in total. The number of ether oxygens (including phenoxy) is 3. The van der Waals surface area contributed by atoms with Gasteiger partial charge in [0.1, 0.15) is 17.2 Å². The van der Waals surface area contributed by atoms with Gasteiger partial charge in [-0.25, -0.2) is 0 Å². The molecule has 0 atom stereocenters. The molecular formula is C23H20N2O6. The lowest BCUT2D eigenvalue weighted by molar-refractivity contribution is -0.117. The average Bonchev–Trinajstić information content (AvgIpc) is 3.48. The first-order valence-corrected chi connectivity index (χ1v) is 9.50. The number of rotatable bonds is 7. The molecule has 0 saturated heterocycles. The second-order valence-corrected chi connectivity index (χ2v) is 6.63. The van der Waals surface area contributed by atoms with E-state index in [0.717, 1.165) is 5.56 Å². The molecule has 2 amide bonds. The fourth-order valence-electron chi connectivity index (χ4n) is 2.94. The smallest absolute Gasteiger partial charge is 0.268 e. The minimum atomic E-state index is -0.462. The summed E-state index contributed by atoms with van der Waals surface area (Å²) >= 11 is 0. The number of amides is 2. The van der Waals surface area contributed by atoms with E-state index in [1.165, 1.54) is 12.3 Å². The van der Waals surface area contributed by atoms with Gasteiger partial charge in [0, 0.05) is 18.2 Å². The molecule has 8 nitrogen and oxygen atoms in total. The molecule has 0 spiro atoms. The standard InChI is InChI=1S/C23H20N2O6/c1-28-17-7-5-16(6-8-17)22(26)25-19(12-18-3-2-10-29-18)23(27)24-13-15-4-9-20-21(11-15)31-14-30-20/h2-12H,13-14H2,1H3,(H,24,27)(H,25,26)/b19-12-. The summed E-state index contributed by atoms with van der Waals surface area (Å²) in [6.07, 6.45) is 2.95. The van der Waals surface area contributed by atoms with E-state index >= 15 is 0 Å². The van der Waals surface area contributed by atoms with Gasteiger partial charge in [-0.1, -0.05) is 6.07 Å². The summed E-state index contributed by atoms with van der Waals surface area (Å²) < 4.78 is 21.0. The highest BCUT2D eigenvalue weighted by Crippen LogP contribution is 2.32. The molecule has 0 unspecified atom stereocenters. The van der Waals surface area contributed by atoms with E-state index in [9.17, 15) is 9.59 Å². The maximum Gasteiger partial charge on any atom is 0.268 e. The normalized spacial score (nSPS) is 12.4. The van der Waals surface area contributed by atoms with Crippen LogP contribution in [0.1, 0.15) is 21.7 Å². The van der Waals surface area contributed by atoms with Crippen LogP contribution in [0, 0.1) is 0 Å². The first-order valence-electron chi connectivity index (χ1n) is 9.50. The van der Waals surface area contributed by atoms with Crippen molar-refractivity contribution >= 4 is 17.9 Å². The highest BCUT2D eigenvalue weighted by atomic mass is 16.7. The van der Waals surface area contributed by atoms with E-state index in [2.05, 4.69) is 10.6 Å². The monoisotopic (exact) mass is 420 g/mol. The lowest BCUT2D eigenvalue weighted by Crippen LogP contribution is -2.34. The lowest BCUT2D eigenvalue weighted by Gasteiger charge is -2.11. The molecule has 1 aliphatic rings. The quantitative estimate of drug-likeness (QED) is 0.570. The van der Waals surface area contributed by atoms with Crippen LogP contribution in [0.4, 0.5) is 0 Å². The molecule has 2 aromatic carbocycles. The molecule has 0 aliphatic carbocycles. The Bertz CT molecular complexity index is 1100. The Morgan fingerprint density at radius 1 is 1.06 bits per heavy atom. The van der Waals surface area contributed by atoms with Crippen LogP contribution in [-0.4, -0.2) is 25.7 Å². The number of benzene rings is 2. The molecule has 0 saturated carbocycles. The van der Waals surface area contributed by atoms with Gasteiger partial charge in [-0.2, -0.15) is 0 Å². The third-order valence-corrected chi connectivity index (χ3v) is 4.56. The van der Waals surface area contributed by atoms with E-state index in [-0.39, 0.29) is 19.0 Å². The maximum absolute atomic E-state index is 12.8. The van der Waals surface area contributed by atoms with E-state index < -0.39 is 11.8 Å². The van der Waals surface area contributed by atoms with E-state index in [4.69, 9.17) is 18.6 Å². The molecule has 158 valence electrons. The van der Waals surface area contributed by atoms with Crippen molar-refractivity contribution in [2.75, 3.05) is 13.9 Å². The van der Waals surface area contributed by atoms with Crippen molar-refractivity contribution < 1.29 is 28.2 Å². The number of hydrogen-bond donors (Lipinski definition) is 2. The van der Waals surface area contributed by atoms with Crippen molar-refractivity contribution in [3.05, 3.63) is 83.4 Å². The fraction of sp³-hybridized carbons (Fsp3) is 0.130. The second-order valence-electron chi connectivity index (χ2n) is 6.63. The molecule has 1 aliphatic heterocycles. The third kappa shape index (κ3) is 4.87. The number of fused-ring (bicyclic) bond motifs is 1. The Morgan fingerprint density at radius 3 is 2.61 bits per heavy atom. The van der Waals surface area contributed by atoms with Crippen molar-refractivity contribution in [1.82, 2.24) is 10.6 Å².